The maximum Gasteiger partial charge on any atom is 0.315 e. The fourth-order valence-electron chi connectivity index (χ4n) is 8.63. The van der Waals surface area contributed by atoms with Gasteiger partial charge >= 0.3 is 6.03 Å². The molecule has 0 saturated carbocycles. The van der Waals surface area contributed by atoms with E-state index < -0.39 is 14.1 Å². The van der Waals surface area contributed by atoms with Crippen LogP contribution in [0.15, 0.2) is 78.9 Å². The van der Waals surface area contributed by atoms with Crippen molar-refractivity contribution >= 4 is 38.1 Å². The molecule has 67 heavy (non-hydrogen) atoms. The van der Waals surface area contributed by atoms with E-state index in [9.17, 15) is 14.4 Å². The van der Waals surface area contributed by atoms with Gasteiger partial charge in [0.25, 0.3) is 8.53 Å². The van der Waals surface area contributed by atoms with Gasteiger partial charge < -0.3 is 44.5 Å². The molecule has 2 aliphatic rings. The minimum absolute atomic E-state index is 0.0374. The van der Waals surface area contributed by atoms with Gasteiger partial charge in [-0.1, -0.05) is 61.0 Å². The van der Waals surface area contributed by atoms with Crippen molar-refractivity contribution in [1.29, 1.82) is 5.26 Å². The van der Waals surface area contributed by atoms with Crippen LogP contribution in [0.1, 0.15) is 89.3 Å². The van der Waals surface area contributed by atoms with E-state index in [-0.39, 0.29) is 55.0 Å². The molecule has 0 aliphatic carbocycles. The van der Waals surface area contributed by atoms with Crippen molar-refractivity contribution in [1.82, 2.24) is 30.8 Å². The van der Waals surface area contributed by atoms with Crippen LogP contribution in [0.25, 0.3) is 0 Å². The number of ether oxygens (including phenoxy) is 3. The maximum absolute atomic E-state index is 13.5. The lowest BCUT2D eigenvalue weighted by molar-refractivity contribution is -0.123. The number of nitrogens with one attached hydrogen (secondary N) is 4. The minimum atomic E-state index is -1.39. The van der Waals surface area contributed by atoms with E-state index in [2.05, 4.69) is 76.7 Å². The second kappa shape index (κ2) is 28.1. The molecular formula is C50H72N7O8PS. The highest BCUT2D eigenvalue weighted by atomic mass is 32.2. The zero-order valence-corrected chi connectivity index (χ0v) is 41.9. The third-order valence-corrected chi connectivity index (χ3v) is 15.4. The van der Waals surface area contributed by atoms with Crippen molar-refractivity contribution in [3.05, 3.63) is 95.6 Å². The Kier molecular flexibility index (Phi) is 22.5. The third-order valence-electron chi connectivity index (χ3n) is 11.8. The summed E-state index contributed by atoms with van der Waals surface area (Å²) in [6.07, 6.45) is 4.60. The first-order valence-corrected chi connectivity index (χ1v) is 25.8. The zero-order valence-electron chi connectivity index (χ0n) is 40.2. The molecule has 3 aromatic rings. The summed E-state index contributed by atoms with van der Waals surface area (Å²) in [6, 6.07) is 28.9. The predicted molar refractivity (Wildman–Crippen MR) is 265 cm³/mol. The van der Waals surface area contributed by atoms with Crippen molar-refractivity contribution < 1.29 is 37.6 Å². The maximum atomic E-state index is 13.5. The number of nitriles is 1. The number of carbonyl (C=O) groups is 3. The molecule has 2 aliphatic heterocycles. The molecule has 5 rings (SSSR count). The molecule has 17 heteroatoms. The van der Waals surface area contributed by atoms with Crippen LogP contribution in [0.4, 0.5) is 4.79 Å². The lowest BCUT2D eigenvalue weighted by atomic mass is 9.80. The smallest absolute Gasteiger partial charge is 0.315 e. The van der Waals surface area contributed by atoms with Crippen molar-refractivity contribution in [3.63, 3.8) is 0 Å². The van der Waals surface area contributed by atoms with Gasteiger partial charge in [-0.05, 0) is 94.3 Å². The fourth-order valence-corrected chi connectivity index (χ4v) is 11.8. The molecule has 366 valence electrons. The van der Waals surface area contributed by atoms with Gasteiger partial charge in [-0.15, -0.1) is 0 Å². The van der Waals surface area contributed by atoms with E-state index in [4.69, 9.17) is 28.5 Å². The minimum Gasteiger partial charge on any atom is -0.497 e. The van der Waals surface area contributed by atoms with Gasteiger partial charge in [0.2, 0.25) is 11.8 Å². The SMILES string of the molecule is COc1ccc(C(OCCCN(CCCOP(OCCC#N)N(C(C)C)C(C)C)CC(=O)NCCNC(=O)CCCC[C@@H]2SC[C@@H]3NC(=O)N[C@@H]32)(c2ccccc2)c2ccc(OC)cc2)cc1. The van der Waals surface area contributed by atoms with Crippen LogP contribution in [0, 0.1) is 11.3 Å². The van der Waals surface area contributed by atoms with Crippen LogP contribution in [-0.2, 0) is 29.0 Å². The number of amides is 4. The van der Waals surface area contributed by atoms with Crippen molar-refractivity contribution in [2.75, 3.05) is 72.5 Å². The molecule has 0 aromatic heterocycles. The fraction of sp³-hybridized carbons (Fsp3) is 0.560. The van der Waals surface area contributed by atoms with Gasteiger partial charge in [0.05, 0.1) is 58.6 Å². The third kappa shape index (κ3) is 16.1. The highest BCUT2D eigenvalue weighted by molar-refractivity contribution is 8.00. The molecule has 0 bridgehead atoms. The Balaban J connectivity index is 1.20. The first kappa shape index (κ1) is 53.5. The lowest BCUT2D eigenvalue weighted by Gasteiger charge is -2.36. The number of urea groups is 1. The first-order chi connectivity index (χ1) is 32.5. The molecule has 0 spiro atoms. The molecule has 2 fully saturated rings. The number of thioether (sulfide) groups is 1. The second-order valence-electron chi connectivity index (χ2n) is 17.3. The van der Waals surface area contributed by atoms with Gasteiger partial charge in [0, 0.05) is 62.3 Å². The Hall–Kier alpha value is -4.46. The van der Waals surface area contributed by atoms with Crippen LogP contribution < -0.4 is 30.7 Å². The molecule has 4 amide bonds. The normalized spacial score (nSPS) is 17.3. The molecule has 15 nitrogen and oxygen atoms in total. The summed E-state index contributed by atoms with van der Waals surface area (Å²) in [4.78, 5) is 40.0. The van der Waals surface area contributed by atoms with Gasteiger partial charge in [-0.2, -0.15) is 17.0 Å². The number of benzene rings is 3. The topological polar surface area (TPSA) is 176 Å². The van der Waals surface area contributed by atoms with Gasteiger partial charge in [-0.3, -0.25) is 14.5 Å². The molecular weight excluding hydrogens is 890 g/mol. The molecule has 3 aromatic carbocycles. The Labute approximate surface area is 403 Å². The highest BCUT2D eigenvalue weighted by Gasteiger charge is 2.42. The van der Waals surface area contributed by atoms with Crippen molar-refractivity contribution in [2.24, 2.45) is 0 Å². The zero-order chi connectivity index (χ0) is 48.0. The van der Waals surface area contributed by atoms with E-state index in [1.807, 2.05) is 78.5 Å². The largest absolute Gasteiger partial charge is 0.497 e. The number of fused-ring (bicyclic) bond motifs is 1. The van der Waals surface area contributed by atoms with Crippen molar-refractivity contribution in [2.45, 2.75) is 108 Å². The number of unbranched alkanes of at least 4 members (excludes halogenated alkanes) is 1. The van der Waals surface area contributed by atoms with E-state index in [1.165, 1.54) is 0 Å². The van der Waals surface area contributed by atoms with Crippen molar-refractivity contribution in [3.8, 4) is 17.6 Å². The number of methoxy groups -OCH3 is 2. The Morgan fingerprint density at radius 1 is 0.791 bits per heavy atom. The van der Waals surface area contributed by atoms with E-state index in [0.717, 1.165) is 53.2 Å². The standard InChI is InChI=1S/C50H72N7O8PS/c1-37(2)57(38(3)4)66(64-33-12-27-51)65-34-14-31-56(35-47(59)53-29-28-52-46(58)18-11-10-17-45-48-44(36-67-45)54-49(60)55-48)30-13-32-63-50(39-15-8-7-9-16-39,40-19-23-42(61-5)24-20-40)41-21-25-43(62-6)26-22-41/h7-9,15-16,19-26,37-38,44-45,48H,10-14,17-18,28-36H2,1-6H3,(H,52,58)(H,53,59)(H2,54,55,60)/t44-,45-,48-,66?/m0/s1. The quantitative estimate of drug-likeness (QED) is 0.0219. The molecule has 2 heterocycles. The summed E-state index contributed by atoms with van der Waals surface area (Å²) in [5, 5.41) is 21.5. The van der Waals surface area contributed by atoms with Gasteiger partial charge in [0.1, 0.15) is 17.1 Å². The number of hydrogen-bond donors (Lipinski definition) is 4. The van der Waals surface area contributed by atoms with E-state index in [1.54, 1.807) is 14.2 Å². The summed E-state index contributed by atoms with van der Waals surface area (Å²) in [5.41, 5.74) is 1.88. The van der Waals surface area contributed by atoms with Crippen LogP contribution >= 0.6 is 20.3 Å². The second-order valence-corrected chi connectivity index (χ2v) is 20.0. The van der Waals surface area contributed by atoms with Crippen LogP contribution in [0.2, 0.25) is 0 Å². The number of nitrogens with zero attached hydrogens (tertiary/aromatic N) is 3. The average Bonchev–Trinajstić information content (AvgIpc) is 3.89. The summed E-state index contributed by atoms with van der Waals surface area (Å²) >= 11 is 1.88. The van der Waals surface area contributed by atoms with E-state index >= 15 is 0 Å². The molecule has 1 unspecified atom stereocenters. The van der Waals surface area contributed by atoms with E-state index in [0.29, 0.717) is 70.5 Å². The number of hydrogen-bond acceptors (Lipinski definition) is 12. The average molecular weight is 962 g/mol. The highest BCUT2D eigenvalue weighted by Crippen LogP contribution is 2.46. The number of rotatable bonds is 31. The van der Waals surface area contributed by atoms with Gasteiger partial charge in [-0.25, -0.2) is 9.46 Å². The monoisotopic (exact) mass is 961 g/mol. The molecule has 2 saturated heterocycles. The van der Waals surface area contributed by atoms with Crippen LogP contribution in [0.5, 0.6) is 11.5 Å². The summed E-state index contributed by atoms with van der Waals surface area (Å²) in [6.45, 7) is 11.5. The van der Waals surface area contributed by atoms with Crippen LogP contribution in [0.3, 0.4) is 0 Å². The number of carbonyl (C=O) groups excluding carboxylic acids is 3. The first-order valence-electron chi connectivity index (χ1n) is 23.6. The molecule has 4 atom stereocenters. The predicted octanol–water partition coefficient (Wildman–Crippen LogP) is 7.35. The summed E-state index contributed by atoms with van der Waals surface area (Å²) < 4.78 is 32.9. The molecule has 0 radical (unpaired) electrons. The summed E-state index contributed by atoms with van der Waals surface area (Å²) in [7, 11) is 1.91. The lowest BCUT2D eigenvalue weighted by Crippen LogP contribution is -2.42. The van der Waals surface area contributed by atoms with Gasteiger partial charge in [0.15, 0.2) is 0 Å². The Morgan fingerprint density at radius 3 is 1.97 bits per heavy atom. The summed E-state index contributed by atoms with van der Waals surface area (Å²) in [5.74, 6) is 2.23. The Morgan fingerprint density at radius 2 is 1.37 bits per heavy atom. The van der Waals surface area contributed by atoms with Crippen LogP contribution in [-0.4, -0.2) is 129 Å². The Bertz CT molecular complexity index is 1940. The molecule has 4 N–H and O–H groups in total.